The van der Waals surface area contributed by atoms with Gasteiger partial charge in [-0.3, -0.25) is 20.4 Å². The smallest absolute Gasteiger partial charge is 0.279 e. The Balaban J connectivity index is 1.65. The fourth-order valence-electron chi connectivity index (χ4n) is 3.14. The highest BCUT2D eigenvalue weighted by molar-refractivity contribution is 7.14. The Morgan fingerprint density at radius 2 is 1.48 bits per heavy atom. The topological polar surface area (TPSA) is 76.7 Å². The molecule has 0 atom stereocenters. The summed E-state index contributed by atoms with van der Waals surface area (Å²) in [5.41, 5.74) is 6.57. The summed E-state index contributed by atoms with van der Waals surface area (Å²) in [7, 11) is 3.03. The SMILES string of the molecule is COc1cc(OC)cc(C(=O)NNC(=O)c2cc3c(s2)CCCCCC3)c1. The van der Waals surface area contributed by atoms with E-state index in [0.29, 0.717) is 21.9 Å². The van der Waals surface area contributed by atoms with Gasteiger partial charge in [-0.15, -0.1) is 11.3 Å². The van der Waals surface area contributed by atoms with Gasteiger partial charge in [0, 0.05) is 16.5 Å². The van der Waals surface area contributed by atoms with E-state index < -0.39 is 5.91 Å². The normalized spacial score (nSPS) is 13.7. The van der Waals surface area contributed by atoms with Crippen LogP contribution in [0.5, 0.6) is 11.5 Å². The Hall–Kier alpha value is -2.54. The number of amides is 2. The molecular formula is C20H24N2O4S. The van der Waals surface area contributed by atoms with Crippen molar-refractivity contribution in [3.63, 3.8) is 0 Å². The lowest BCUT2D eigenvalue weighted by molar-refractivity contribution is 0.0848. The van der Waals surface area contributed by atoms with E-state index in [-0.39, 0.29) is 5.91 Å². The molecule has 0 bridgehead atoms. The molecule has 0 saturated carbocycles. The number of carbonyl (C=O) groups excluding carboxylic acids is 2. The molecule has 7 heteroatoms. The number of aryl methyl sites for hydroxylation is 2. The number of carbonyl (C=O) groups is 2. The van der Waals surface area contributed by atoms with Crippen LogP contribution in [-0.2, 0) is 12.8 Å². The van der Waals surface area contributed by atoms with Crippen molar-refractivity contribution >= 4 is 23.2 Å². The lowest BCUT2D eigenvalue weighted by atomic mass is 10.00. The summed E-state index contributed by atoms with van der Waals surface area (Å²) in [6.07, 6.45) is 6.89. The van der Waals surface area contributed by atoms with E-state index in [1.54, 1.807) is 18.2 Å². The summed E-state index contributed by atoms with van der Waals surface area (Å²) < 4.78 is 10.3. The Kier molecular flexibility index (Phi) is 6.34. The molecule has 2 aromatic rings. The highest BCUT2D eigenvalue weighted by Gasteiger charge is 2.17. The summed E-state index contributed by atoms with van der Waals surface area (Å²) in [5, 5.41) is 0. The minimum Gasteiger partial charge on any atom is -0.497 e. The standard InChI is InChI=1S/C20H24N2O4S/c1-25-15-9-14(10-16(12-15)26-2)19(23)21-22-20(24)18-11-13-7-5-3-4-6-8-17(13)27-18/h9-12H,3-8H2,1-2H3,(H,21,23)(H,22,24). The lowest BCUT2D eigenvalue weighted by Crippen LogP contribution is -2.41. The molecule has 0 aliphatic heterocycles. The third-order valence-corrected chi connectivity index (χ3v) is 5.86. The van der Waals surface area contributed by atoms with E-state index in [9.17, 15) is 9.59 Å². The van der Waals surface area contributed by atoms with Crippen LogP contribution in [-0.4, -0.2) is 26.0 Å². The number of thiophene rings is 1. The summed E-state index contributed by atoms with van der Waals surface area (Å²) >= 11 is 1.52. The molecule has 0 spiro atoms. The Morgan fingerprint density at radius 3 is 2.15 bits per heavy atom. The molecule has 0 saturated heterocycles. The van der Waals surface area contributed by atoms with Gasteiger partial charge in [0.15, 0.2) is 0 Å². The van der Waals surface area contributed by atoms with E-state index in [1.807, 2.05) is 6.07 Å². The fourth-order valence-corrected chi connectivity index (χ4v) is 4.29. The second kappa shape index (κ2) is 8.90. The Morgan fingerprint density at radius 1 is 0.852 bits per heavy atom. The number of hydrazine groups is 1. The van der Waals surface area contributed by atoms with Crippen LogP contribution in [0.4, 0.5) is 0 Å². The Labute approximate surface area is 162 Å². The quantitative estimate of drug-likeness (QED) is 0.786. The van der Waals surface area contributed by atoms with E-state index in [4.69, 9.17) is 9.47 Å². The average molecular weight is 388 g/mol. The molecule has 144 valence electrons. The van der Waals surface area contributed by atoms with Gasteiger partial charge in [0.1, 0.15) is 11.5 Å². The molecule has 0 fully saturated rings. The maximum Gasteiger partial charge on any atom is 0.279 e. The monoisotopic (exact) mass is 388 g/mol. The molecule has 2 N–H and O–H groups in total. The largest absolute Gasteiger partial charge is 0.497 e. The first-order chi connectivity index (χ1) is 13.1. The maximum atomic E-state index is 12.5. The zero-order valence-electron chi connectivity index (χ0n) is 15.6. The van der Waals surface area contributed by atoms with Gasteiger partial charge in [-0.25, -0.2) is 0 Å². The highest BCUT2D eigenvalue weighted by Crippen LogP contribution is 2.28. The van der Waals surface area contributed by atoms with Crippen molar-refractivity contribution in [3.8, 4) is 11.5 Å². The molecule has 0 unspecified atom stereocenters. The molecule has 6 nitrogen and oxygen atoms in total. The van der Waals surface area contributed by atoms with Crippen molar-refractivity contribution in [3.05, 3.63) is 45.1 Å². The number of ether oxygens (including phenoxy) is 2. The van der Waals surface area contributed by atoms with Crippen molar-refractivity contribution in [2.24, 2.45) is 0 Å². The fraction of sp³-hybridized carbons (Fsp3) is 0.400. The molecule has 1 aliphatic carbocycles. The van der Waals surface area contributed by atoms with Crippen molar-refractivity contribution in [2.75, 3.05) is 14.2 Å². The number of nitrogens with one attached hydrogen (secondary N) is 2. The minimum atomic E-state index is -0.435. The van der Waals surface area contributed by atoms with Crippen molar-refractivity contribution < 1.29 is 19.1 Å². The minimum absolute atomic E-state index is 0.296. The molecular weight excluding hydrogens is 364 g/mol. The van der Waals surface area contributed by atoms with Gasteiger partial charge in [0.2, 0.25) is 0 Å². The van der Waals surface area contributed by atoms with Crippen LogP contribution in [0.3, 0.4) is 0 Å². The van der Waals surface area contributed by atoms with Gasteiger partial charge >= 0.3 is 0 Å². The third kappa shape index (κ3) is 4.80. The van der Waals surface area contributed by atoms with Gasteiger partial charge in [-0.1, -0.05) is 12.8 Å². The lowest BCUT2D eigenvalue weighted by Gasteiger charge is -2.09. The van der Waals surface area contributed by atoms with E-state index in [0.717, 1.165) is 12.8 Å². The summed E-state index contributed by atoms with van der Waals surface area (Å²) in [4.78, 5) is 26.7. The van der Waals surface area contributed by atoms with Crippen LogP contribution in [0.2, 0.25) is 0 Å². The van der Waals surface area contributed by atoms with Gasteiger partial charge in [-0.2, -0.15) is 0 Å². The maximum absolute atomic E-state index is 12.5. The second-order valence-electron chi connectivity index (χ2n) is 6.48. The van der Waals surface area contributed by atoms with Crippen LogP contribution in [0.1, 0.15) is 56.2 Å². The summed E-state index contributed by atoms with van der Waals surface area (Å²) in [6, 6.07) is 6.81. The Bertz CT molecular complexity index is 784. The molecule has 1 aromatic heterocycles. The zero-order chi connectivity index (χ0) is 19.2. The van der Waals surface area contributed by atoms with Crippen molar-refractivity contribution in [2.45, 2.75) is 38.5 Å². The van der Waals surface area contributed by atoms with Crippen LogP contribution in [0.15, 0.2) is 24.3 Å². The second-order valence-corrected chi connectivity index (χ2v) is 7.62. The van der Waals surface area contributed by atoms with Gasteiger partial charge in [-0.05, 0) is 49.4 Å². The molecule has 1 heterocycles. The first kappa shape index (κ1) is 19.2. The first-order valence-corrected chi connectivity index (χ1v) is 9.87. The van der Waals surface area contributed by atoms with Crippen LogP contribution < -0.4 is 20.3 Å². The molecule has 1 aromatic carbocycles. The number of rotatable bonds is 4. The number of fused-ring (bicyclic) bond motifs is 1. The van der Waals surface area contributed by atoms with Gasteiger partial charge < -0.3 is 9.47 Å². The van der Waals surface area contributed by atoms with E-state index >= 15 is 0 Å². The number of methoxy groups -OCH3 is 2. The number of hydrogen-bond donors (Lipinski definition) is 2. The zero-order valence-corrected chi connectivity index (χ0v) is 16.4. The van der Waals surface area contributed by atoms with Crippen LogP contribution in [0.25, 0.3) is 0 Å². The van der Waals surface area contributed by atoms with Gasteiger partial charge in [0.25, 0.3) is 11.8 Å². The van der Waals surface area contributed by atoms with Crippen molar-refractivity contribution in [1.82, 2.24) is 10.9 Å². The molecule has 0 radical (unpaired) electrons. The van der Waals surface area contributed by atoms with Crippen molar-refractivity contribution in [1.29, 1.82) is 0 Å². The first-order valence-electron chi connectivity index (χ1n) is 9.06. The predicted molar refractivity (Wildman–Crippen MR) is 105 cm³/mol. The van der Waals surface area contributed by atoms with E-state index in [1.165, 1.54) is 61.7 Å². The summed E-state index contributed by atoms with van der Waals surface area (Å²) in [5.74, 6) is 0.276. The number of hydrogen-bond acceptors (Lipinski definition) is 5. The third-order valence-electron chi connectivity index (χ3n) is 4.62. The van der Waals surface area contributed by atoms with Gasteiger partial charge in [0.05, 0.1) is 19.1 Å². The van der Waals surface area contributed by atoms with Crippen LogP contribution >= 0.6 is 11.3 Å². The molecule has 1 aliphatic rings. The molecule has 3 rings (SSSR count). The summed E-state index contributed by atoms with van der Waals surface area (Å²) in [6.45, 7) is 0. The number of benzene rings is 1. The van der Waals surface area contributed by atoms with Crippen LogP contribution in [0, 0.1) is 0 Å². The van der Waals surface area contributed by atoms with E-state index in [2.05, 4.69) is 10.9 Å². The highest BCUT2D eigenvalue weighted by atomic mass is 32.1. The average Bonchev–Trinajstić information content (AvgIpc) is 3.07. The predicted octanol–water partition coefficient (Wildman–Crippen LogP) is 3.50. The molecule has 27 heavy (non-hydrogen) atoms. The molecule has 2 amide bonds.